The van der Waals surface area contributed by atoms with Crippen molar-refractivity contribution in [2.75, 3.05) is 6.54 Å². The number of rotatable bonds is 5. The fourth-order valence-corrected chi connectivity index (χ4v) is 1.79. The Hall–Kier alpha value is -1.61. The Bertz CT molecular complexity index is 476. The van der Waals surface area contributed by atoms with Crippen LogP contribution in [0.1, 0.15) is 35.6 Å². The van der Waals surface area contributed by atoms with Crippen molar-refractivity contribution in [1.29, 1.82) is 0 Å². The number of hydrogen-bond donors (Lipinski definition) is 2. The first-order valence-corrected chi connectivity index (χ1v) is 6.62. The average Bonchev–Trinajstić information content (AvgIpc) is 2.31. The van der Waals surface area contributed by atoms with Crippen molar-refractivity contribution in [3.8, 4) is 0 Å². The van der Waals surface area contributed by atoms with Crippen LogP contribution in [0.25, 0.3) is 6.08 Å². The Labute approximate surface area is 115 Å². The van der Waals surface area contributed by atoms with Crippen LogP contribution in [0.2, 0.25) is 0 Å². The molecule has 2 N–H and O–H groups in total. The van der Waals surface area contributed by atoms with Crippen LogP contribution in [-0.4, -0.2) is 23.7 Å². The van der Waals surface area contributed by atoms with Crippen molar-refractivity contribution < 1.29 is 9.90 Å². The van der Waals surface area contributed by atoms with Gasteiger partial charge in [0.2, 0.25) is 5.91 Å². The first-order valence-electron chi connectivity index (χ1n) is 6.62. The summed E-state index contributed by atoms with van der Waals surface area (Å²) in [5.41, 5.74) is 4.71. The van der Waals surface area contributed by atoms with E-state index in [1.165, 1.54) is 11.1 Å². The lowest BCUT2D eigenvalue weighted by atomic mass is 10.0. The van der Waals surface area contributed by atoms with Crippen LogP contribution < -0.4 is 5.32 Å². The molecular formula is C16H23NO2. The number of benzene rings is 1. The van der Waals surface area contributed by atoms with Crippen LogP contribution in [0.3, 0.4) is 0 Å². The standard InChI is InChI=1S/C16H23NO2/c1-11-9-13(3)15(10-12(11)2)5-6-16(19)17-8-7-14(4)18/h5-6,9-10,14,18H,7-8H2,1-4H3,(H,17,19). The molecule has 0 radical (unpaired) electrons. The molecule has 1 aromatic carbocycles. The number of carbonyl (C=O) groups is 1. The predicted octanol–water partition coefficient (Wildman–Crippen LogP) is 2.51. The quantitative estimate of drug-likeness (QED) is 0.800. The zero-order valence-electron chi connectivity index (χ0n) is 12.2. The highest BCUT2D eigenvalue weighted by atomic mass is 16.3. The molecule has 0 aliphatic rings. The molecule has 0 aliphatic carbocycles. The van der Waals surface area contributed by atoms with Gasteiger partial charge in [0, 0.05) is 12.6 Å². The third kappa shape index (κ3) is 5.26. The van der Waals surface area contributed by atoms with Gasteiger partial charge in [0.1, 0.15) is 0 Å². The van der Waals surface area contributed by atoms with Crippen LogP contribution in [0.4, 0.5) is 0 Å². The molecule has 19 heavy (non-hydrogen) atoms. The summed E-state index contributed by atoms with van der Waals surface area (Å²) in [5.74, 6) is -0.127. The van der Waals surface area contributed by atoms with Gasteiger partial charge in [-0.3, -0.25) is 4.79 Å². The lowest BCUT2D eigenvalue weighted by Crippen LogP contribution is -2.24. The summed E-state index contributed by atoms with van der Waals surface area (Å²) in [4.78, 5) is 11.6. The van der Waals surface area contributed by atoms with E-state index in [1.807, 2.05) is 13.0 Å². The van der Waals surface area contributed by atoms with Crippen LogP contribution in [-0.2, 0) is 4.79 Å². The van der Waals surface area contributed by atoms with E-state index in [9.17, 15) is 4.79 Å². The first-order chi connectivity index (χ1) is 8.90. The van der Waals surface area contributed by atoms with E-state index in [4.69, 9.17) is 5.11 Å². The Balaban J connectivity index is 2.61. The number of aliphatic hydroxyl groups is 1. The van der Waals surface area contributed by atoms with Crippen LogP contribution in [0.15, 0.2) is 18.2 Å². The summed E-state index contributed by atoms with van der Waals surface area (Å²) >= 11 is 0. The minimum atomic E-state index is -0.383. The number of aryl methyl sites for hydroxylation is 3. The number of hydrogen-bond acceptors (Lipinski definition) is 2. The smallest absolute Gasteiger partial charge is 0.244 e. The Kier molecular flexibility index (Phi) is 5.77. The van der Waals surface area contributed by atoms with Crippen LogP contribution in [0.5, 0.6) is 0 Å². The van der Waals surface area contributed by atoms with Crippen molar-refractivity contribution in [1.82, 2.24) is 5.32 Å². The van der Waals surface area contributed by atoms with E-state index in [2.05, 4.69) is 31.3 Å². The molecule has 3 heteroatoms. The van der Waals surface area contributed by atoms with Gasteiger partial charge in [0.25, 0.3) is 0 Å². The van der Waals surface area contributed by atoms with E-state index < -0.39 is 0 Å². The molecule has 0 aliphatic heterocycles. The summed E-state index contributed by atoms with van der Waals surface area (Å²) in [7, 11) is 0. The molecule has 0 spiro atoms. The number of carbonyl (C=O) groups excluding carboxylic acids is 1. The van der Waals surface area contributed by atoms with Crippen LogP contribution >= 0.6 is 0 Å². The predicted molar refractivity (Wildman–Crippen MR) is 79.0 cm³/mol. The molecule has 0 bridgehead atoms. The number of aliphatic hydroxyl groups excluding tert-OH is 1. The molecule has 1 aromatic rings. The second-order valence-electron chi connectivity index (χ2n) is 5.06. The highest BCUT2D eigenvalue weighted by Gasteiger charge is 2.01. The molecule has 1 atom stereocenters. The zero-order valence-corrected chi connectivity index (χ0v) is 12.2. The summed E-state index contributed by atoms with van der Waals surface area (Å²) in [6.07, 6.45) is 3.56. The summed E-state index contributed by atoms with van der Waals surface area (Å²) in [5, 5.41) is 11.8. The van der Waals surface area contributed by atoms with E-state index in [0.29, 0.717) is 13.0 Å². The highest BCUT2D eigenvalue weighted by molar-refractivity contribution is 5.91. The Morgan fingerprint density at radius 1 is 1.26 bits per heavy atom. The minimum absolute atomic E-state index is 0.127. The fourth-order valence-electron chi connectivity index (χ4n) is 1.79. The van der Waals surface area contributed by atoms with Gasteiger partial charge in [-0.25, -0.2) is 0 Å². The van der Waals surface area contributed by atoms with E-state index in [-0.39, 0.29) is 12.0 Å². The van der Waals surface area contributed by atoms with Gasteiger partial charge in [-0.05, 0) is 62.4 Å². The molecule has 0 saturated carbocycles. The Morgan fingerprint density at radius 2 is 1.89 bits per heavy atom. The van der Waals surface area contributed by atoms with Crippen molar-refractivity contribution in [3.63, 3.8) is 0 Å². The van der Waals surface area contributed by atoms with Crippen LogP contribution in [0, 0.1) is 20.8 Å². The topological polar surface area (TPSA) is 49.3 Å². The average molecular weight is 261 g/mol. The van der Waals surface area contributed by atoms with Gasteiger partial charge in [0.05, 0.1) is 6.10 Å². The Morgan fingerprint density at radius 3 is 2.53 bits per heavy atom. The molecular weight excluding hydrogens is 238 g/mol. The van der Waals surface area contributed by atoms with Gasteiger partial charge in [0.15, 0.2) is 0 Å². The van der Waals surface area contributed by atoms with Crippen molar-refractivity contribution in [2.24, 2.45) is 0 Å². The van der Waals surface area contributed by atoms with Gasteiger partial charge in [-0.2, -0.15) is 0 Å². The molecule has 104 valence electrons. The monoisotopic (exact) mass is 261 g/mol. The van der Waals surface area contributed by atoms with E-state index in [1.54, 1.807) is 13.0 Å². The first kappa shape index (κ1) is 15.4. The lowest BCUT2D eigenvalue weighted by Gasteiger charge is -2.06. The molecule has 3 nitrogen and oxygen atoms in total. The van der Waals surface area contributed by atoms with Crippen molar-refractivity contribution in [3.05, 3.63) is 40.5 Å². The number of nitrogens with one attached hydrogen (secondary N) is 1. The second-order valence-corrected chi connectivity index (χ2v) is 5.06. The third-order valence-corrected chi connectivity index (χ3v) is 3.16. The third-order valence-electron chi connectivity index (χ3n) is 3.16. The number of amides is 1. The molecule has 1 rings (SSSR count). The summed E-state index contributed by atoms with van der Waals surface area (Å²) in [6.45, 7) is 8.39. The molecule has 0 saturated heterocycles. The molecule has 1 amide bonds. The molecule has 1 unspecified atom stereocenters. The lowest BCUT2D eigenvalue weighted by molar-refractivity contribution is -0.116. The van der Waals surface area contributed by atoms with Crippen molar-refractivity contribution >= 4 is 12.0 Å². The maximum Gasteiger partial charge on any atom is 0.244 e. The molecule has 0 fully saturated rings. The maximum atomic E-state index is 11.6. The summed E-state index contributed by atoms with van der Waals surface area (Å²) < 4.78 is 0. The minimum Gasteiger partial charge on any atom is -0.393 e. The SMILES string of the molecule is Cc1cc(C)c(C=CC(=O)NCCC(C)O)cc1C. The van der Waals surface area contributed by atoms with Gasteiger partial charge in [-0.1, -0.05) is 12.1 Å². The largest absolute Gasteiger partial charge is 0.393 e. The van der Waals surface area contributed by atoms with Gasteiger partial charge < -0.3 is 10.4 Å². The highest BCUT2D eigenvalue weighted by Crippen LogP contribution is 2.16. The van der Waals surface area contributed by atoms with E-state index >= 15 is 0 Å². The van der Waals surface area contributed by atoms with E-state index in [0.717, 1.165) is 11.1 Å². The maximum absolute atomic E-state index is 11.6. The zero-order chi connectivity index (χ0) is 14.4. The van der Waals surface area contributed by atoms with Crippen molar-refractivity contribution in [2.45, 2.75) is 40.2 Å². The molecule has 0 aromatic heterocycles. The second kappa shape index (κ2) is 7.10. The normalized spacial score (nSPS) is 12.7. The summed E-state index contributed by atoms with van der Waals surface area (Å²) in [6, 6.07) is 4.21. The fraction of sp³-hybridized carbons (Fsp3) is 0.438. The van der Waals surface area contributed by atoms with Gasteiger partial charge >= 0.3 is 0 Å². The molecule has 0 heterocycles. The van der Waals surface area contributed by atoms with Gasteiger partial charge in [-0.15, -0.1) is 0 Å².